The van der Waals surface area contributed by atoms with Crippen molar-refractivity contribution >= 4 is 87.5 Å². The van der Waals surface area contributed by atoms with Gasteiger partial charge in [0.05, 0.1) is 50.6 Å². The lowest BCUT2D eigenvalue weighted by atomic mass is 9.94. The molecule has 0 aliphatic heterocycles. The number of rotatable bonds is 3. The van der Waals surface area contributed by atoms with Gasteiger partial charge in [0.15, 0.2) is 0 Å². The van der Waals surface area contributed by atoms with E-state index in [1.54, 1.807) is 12.1 Å². The van der Waals surface area contributed by atoms with E-state index in [4.69, 9.17) is 8.83 Å². The fraction of sp³-hybridized carbons (Fsp3) is 0.0196. The summed E-state index contributed by atoms with van der Waals surface area (Å²) in [5.41, 5.74) is 5.92. The van der Waals surface area contributed by atoms with E-state index in [-0.39, 0.29) is 22.3 Å². The summed E-state index contributed by atoms with van der Waals surface area (Å²) in [4.78, 5) is 0. The van der Waals surface area contributed by atoms with Crippen molar-refractivity contribution in [2.75, 3.05) is 0 Å². The maximum absolute atomic E-state index is 15.1. The summed E-state index contributed by atoms with van der Waals surface area (Å²) in [7, 11) is 0. The van der Waals surface area contributed by atoms with Gasteiger partial charge in [0.25, 0.3) is 0 Å². The Bertz CT molecular complexity index is 3710. The molecule has 282 valence electrons. The minimum atomic E-state index is -4.79. The first kappa shape index (κ1) is 33.8. The van der Waals surface area contributed by atoms with Gasteiger partial charge in [0.1, 0.15) is 34.0 Å². The molecule has 4 heterocycles. The van der Waals surface area contributed by atoms with Crippen molar-refractivity contribution in [1.82, 2.24) is 9.13 Å². The molecule has 0 amide bonds. The highest BCUT2D eigenvalue weighted by atomic mass is 19.4. The van der Waals surface area contributed by atoms with Crippen LogP contribution in [-0.2, 0) is 6.18 Å². The van der Waals surface area contributed by atoms with Gasteiger partial charge < -0.3 is 18.0 Å². The van der Waals surface area contributed by atoms with Crippen LogP contribution >= 0.6 is 0 Å². The lowest BCUT2D eigenvalue weighted by molar-refractivity contribution is -0.137. The highest BCUT2D eigenvalue weighted by Gasteiger charge is 2.35. The zero-order chi connectivity index (χ0) is 40.4. The number of aromatic nitrogens is 2. The minimum absolute atomic E-state index is 0.113. The first-order valence-electron chi connectivity index (χ1n) is 19.2. The molecule has 0 saturated carbocycles. The van der Waals surface area contributed by atoms with Gasteiger partial charge in [-0.05, 0) is 83.9 Å². The number of hydrogen-bond donors (Lipinski definition) is 0. The molecule has 0 atom stereocenters. The summed E-state index contributed by atoms with van der Waals surface area (Å²) in [5, 5.41) is 28.3. The Morgan fingerprint density at radius 2 is 0.933 bits per heavy atom. The first-order valence-corrected chi connectivity index (χ1v) is 19.2. The van der Waals surface area contributed by atoms with Crippen molar-refractivity contribution < 1.29 is 22.0 Å². The van der Waals surface area contributed by atoms with Crippen LogP contribution < -0.4 is 0 Å². The van der Waals surface area contributed by atoms with E-state index in [9.17, 15) is 10.5 Å². The molecule has 8 aromatic carbocycles. The zero-order valence-corrected chi connectivity index (χ0v) is 31.2. The van der Waals surface area contributed by atoms with Crippen LogP contribution in [0, 0.1) is 22.7 Å². The highest BCUT2D eigenvalue weighted by molar-refractivity contribution is 6.29. The molecule has 12 aromatic rings. The smallest absolute Gasteiger partial charge is 0.417 e. The summed E-state index contributed by atoms with van der Waals surface area (Å²) >= 11 is 0. The third kappa shape index (κ3) is 4.57. The Kier molecular flexibility index (Phi) is 6.84. The molecular formula is C51H25F3N4O2. The second-order valence-corrected chi connectivity index (χ2v) is 14.9. The van der Waals surface area contributed by atoms with Gasteiger partial charge >= 0.3 is 6.18 Å². The number of fused-ring (bicyclic) bond motifs is 14. The van der Waals surface area contributed by atoms with Gasteiger partial charge in [-0.3, -0.25) is 0 Å². The van der Waals surface area contributed by atoms with E-state index in [0.29, 0.717) is 22.5 Å². The van der Waals surface area contributed by atoms with Crippen molar-refractivity contribution in [1.29, 1.82) is 10.5 Å². The molecule has 0 aliphatic rings. The van der Waals surface area contributed by atoms with E-state index in [1.165, 1.54) is 12.1 Å². The summed E-state index contributed by atoms with van der Waals surface area (Å²) in [6.07, 6.45) is -4.79. The van der Waals surface area contributed by atoms with E-state index in [2.05, 4.69) is 6.07 Å². The normalized spacial score (nSPS) is 12.2. The number of furan rings is 2. The third-order valence-electron chi connectivity index (χ3n) is 11.8. The van der Waals surface area contributed by atoms with Crippen molar-refractivity contribution in [2.24, 2.45) is 0 Å². The van der Waals surface area contributed by atoms with Crippen molar-refractivity contribution in [2.45, 2.75) is 6.18 Å². The summed E-state index contributed by atoms with van der Waals surface area (Å²) in [5.74, 6) is 0. The second-order valence-electron chi connectivity index (χ2n) is 14.9. The average Bonchev–Trinajstić information content (AvgIpc) is 4.02. The lowest BCUT2D eigenvalue weighted by Crippen LogP contribution is -2.09. The van der Waals surface area contributed by atoms with E-state index in [0.717, 1.165) is 82.4 Å². The van der Waals surface area contributed by atoms with Crippen molar-refractivity contribution in [3.8, 4) is 34.6 Å². The topological polar surface area (TPSA) is 83.7 Å². The van der Waals surface area contributed by atoms with Gasteiger partial charge in [-0.1, -0.05) is 78.9 Å². The summed E-state index contributed by atoms with van der Waals surface area (Å²) in [6.45, 7) is 0. The minimum Gasteiger partial charge on any atom is -0.456 e. The van der Waals surface area contributed by atoms with E-state index >= 15 is 13.2 Å². The molecule has 0 aliphatic carbocycles. The van der Waals surface area contributed by atoms with Crippen LogP contribution in [-0.4, -0.2) is 9.13 Å². The fourth-order valence-corrected chi connectivity index (χ4v) is 9.40. The molecule has 12 rings (SSSR count). The van der Waals surface area contributed by atoms with Gasteiger partial charge in [-0.25, -0.2) is 0 Å². The van der Waals surface area contributed by atoms with Crippen molar-refractivity contribution in [3.05, 3.63) is 168 Å². The van der Waals surface area contributed by atoms with Gasteiger partial charge in [-0.15, -0.1) is 0 Å². The molecule has 0 unspecified atom stereocenters. The largest absolute Gasteiger partial charge is 0.456 e. The number of halogens is 3. The van der Waals surface area contributed by atoms with Crippen LogP contribution in [0.25, 0.3) is 110 Å². The molecule has 9 heteroatoms. The number of para-hydroxylation sites is 4. The van der Waals surface area contributed by atoms with E-state index in [1.807, 2.05) is 137 Å². The molecule has 0 N–H and O–H groups in total. The third-order valence-corrected chi connectivity index (χ3v) is 11.8. The zero-order valence-electron chi connectivity index (χ0n) is 31.2. The Labute approximate surface area is 337 Å². The summed E-state index contributed by atoms with van der Waals surface area (Å²) in [6, 6.07) is 50.3. The highest BCUT2D eigenvalue weighted by Crippen LogP contribution is 2.47. The fourth-order valence-electron chi connectivity index (χ4n) is 9.40. The van der Waals surface area contributed by atoms with Gasteiger partial charge in [0, 0.05) is 43.1 Å². The van der Waals surface area contributed by atoms with Crippen LogP contribution in [0.1, 0.15) is 16.7 Å². The number of alkyl halides is 3. The Hall–Kier alpha value is -8.27. The van der Waals surface area contributed by atoms with Crippen LogP contribution in [0.2, 0.25) is 0 Å². The average molecular weight is 783 g/mol. The quantitative estimate of drug-likeness (QED) is 0.179. The second kappa shape index (κ2) is 12.1. The number of nitriles is 2. The monoisotopic (exact) mass is 782 g/mol. The SMILES string of the molecule is N#Cc1ccc(-c2cc(-n3c4ccccc4c4c5c(ccc43)oc3ccccc35)c(C#N)c(-n3c4ccccc4c4c5c(ccc43)oc3ccccc35)c2)c(C(F)(F)F)c1. The predicted octanol–water partition coefficient (Wildman–Crippen LogP) is 14.1. The lowest BCUT2D eigenvalue weighted by Gasteiger charge is -2.20. The Morgan fingerprint density at radius 1 is 0.450 bits per heavy atom. The van der Waals surface area contributed by atoms with Crippen LogP contribution in [0.3, 0.4) is 0 Å². The molecular weight excluding hydrogens is 758 g/mol. The molecule has 0 radical (unpaired) electrons. The van der Waals surface area contributed by atoms with Gasteiger partial charge in [-0.2, -0.15) is 23.7 Å². The number of hydrogen-bond acceptors (Lipinski definition) is 4. The van der Waals surface area contributed by atoms with Crippen LogP contribution in [0.5, 0.6) is 0 Å². The van der Waals surface area contributed by atoms with E-state index < -0.39 is 11.7 Å². The molecule has 0 saturated heterocycles. The molecule has 0 fully saturated rings. The predicted molar refractivity (Wildman–Crippen MR) is 230 cm³/mol. The first-order chi connectivity index (χ1) is 29.3. The maximum atomic E-state index is 15.1. The van der Waals surface area contributed by atoms with Crippen molar-refractivity contribution in [3.63, 3.8) is 0 Å². The maximum Gasteiger partial charge on any atom is 0.417 e. The molecule has 0 bridgehead atoms. The number of nitrogens with zero attached hydrogens (tertiary/aromatic N) is 4. The standard InChI is InChI=1S/C51H25F3N4O2/c52-51(53,54)36-23-28(26-55)17-18-30(36)29-24-41(57-37-13-5-1-9-31(37)47-39(57)19-21-45-49(47)33-11-3-7-15-43(33)59-45)35(27-56)42(25-29)58-38-14-6-2-10-32(38)48-40(58)20-22-46-50(48)34-12-4-8-16-44(34)60-46/h1-25H. The Morgan fingerprint density at radius 3 is 1.42 bits per heavy atom. The Balaban J connectivity index is 1.28. The number of benzene rings is 8. The molecule has 0 spiro atoms. The van der Waals surface area contributed by atoms with Crippen LogP contribution in [0.15, 0.2) is 160 Å². The van der Waals surface area contributed by atoms with Gasteiger partial charge in [0.2, 0.25) is 0 Å². The molecule has 6 nitrogen and oxygen atoms in total. The summed E-state index contributed by atoms with van der Waals surface area (Å²) < 4.78 is 61.8. The van der Waals surface area contributed by atoms with Crippen LogP contribution in [0.4, 0.5) is 13.2 Å². The molecule has 60 heavy (non-hydrogen) atoms. The molecule has 4 aromatic heterocycles.